The van der Waals surface area contributed by atoms with Crippen LogP contribution in [-0.2, 0) is 0 Å². The van der Waals surface area contributed by atoms with Gasteiger partial charge in [-0.25, -0.2) is 0 Å². The summed E-state index contributed by atoms with van der Waals surface area (Å²) in [5.74, 6) is 0. The van der Waals surface area contributed by atoms with Crippen molar-refractivity contribution < 1.29 is 0 Å². The fourth-order valence-corrected chi connectivity index (χ4v) is 2.08. The van der Waals surface area contributed by atoms with E-state index < -0.39 is 0 Å². The average molecular weight is 228 g/mol. The van der Waals surface area contributed by atoms with E-state index in [2.05, 4.69) is 45.0 Å². The van der Waals surface area contributed by atoms with Crippen LogP contribution in [0.5, 0.6) is 0 Å². The maximum absolute atomic E-state index is 3.47. The highest BCUT2D eigenvalue weighted by atomic mass is 15.1. The van der Waals surface area contributed by atoms with Gasteiger partial charge in [0.05, 0.1) is 0 Å². The van der Waals surface area contributed by atoms with Crippen molar-refractivity contribution in [1.29, 1.82) is 0 Å². The summed E-state index contributed by atoms with van der Waals surface area (Å²) >= 11 is 0. The highest BCUT2D eigenvalue weighted by Crippen LogP contribution is 2.11. The third-order valence-corrected chi connectivity index (χ3v) is 3.50. The third-order valence-electron chi connectivity index (χ3n) is 3.50. The summed E-state index contributed by atoms with van der Waals surface area (Å²) in [5, 5.41) is 3.47. The molecule has 0 aromatic rings. The Labute approximate surface area is 103 Å². The van der Waals surface area contributed by atoms with Gasteiger partial charge in [-0.1, -0.05) is 20.3 Å². The third kappa shape index (κ3) is 7.24. The van der Waals surface area contributed by atoms with Crippen LogP contribution in [0.3, 0.4) is 0 Å². The van der Waals surface area contributed by atoms with Crippen LogP contribution >= 0.6 is 0 Å². The van der Waals surface area contributed by atoms with Gasteiger partial charge in [-0.3, -0.25) is 0 Å². The van der Waals surface area contributed by atoms with Crippen LogP contribution in [0.2, 0.25) is 0 Å². The summed E-state index contributed by atoms with van der Waals surface area (Å²) in [6.45, 7) is 11.5. The number of rotatable bonds is 10. The van der Waals surface area contributed by atoms with E-state index in [-0.39, 0.29) is 0 Å². The number of hydrogen-bond acceptors (Lipinski definition) is 2. The molecule has 0 bridgehead atoms. The Morgan fingerprint density at radius 3 is 2.12 bits per heavy atom. The van der Waals surface area contributed by atoms with E-state index >= 15 is 0 Å². The zero-order valence-electron chi connectivity index (χ0n) is 12.1. The van der Waals surface area contributed by atoms with Crippen molar-refractivity contribution in [2.24, 2.45) is 0 Å². The molecule has 0 aromatic carbocycles. The Morgan fingerprint density at radius 1 is 0.938 bits per heavy atom. The largest absolute Gasteiger partial charge is 0.317 e. The molecule has 0 spiro atoms. The molecule has 0 aliphatic rings. The number of hydrogen-bond donors (Lipinski definition) is 1. The van der Waals surface area contributed by atoms with Crippen LogP contribution in [0, 0.1) is 0 Å². The highest BCUT2D eigenvalue weighted by Gasteiger charge is 2.14. The molecule has 0 rings (SSSR count). The van der Waals surface area contributed by atoms with Crippen molar-refractivity contribution in [1.82, 2.24) is 10.2 Å². The van der Waals surface area contributed by atoms with Gasteiger partial charge in [0.25, 0.3) is 0 Å². The van der Waals surface area contributed by atoms with Gasteiger partial charge in [-0.2, -0.15) is 0 Å². The minimum Gasteiger partial charge on any atom is -0.317 e. The summed E-state index contributed by atoms with van der Waals surface area (Å²) < 4.78 is 0. The van der Waals surface area contributed by atoms with Gasteiger partial charge >= 0.3 is 0 Å². The van der Waals surface area contributed by atoms with Crippen LogP contribution in [0.25, 0.3) is 0 Å². The maximum atomic E-state index is 3.47. The van der Waals surface area contributed by atoms with Crippen LogP contribution in [-0.4, -0.2) is 37.1 Å². The first kappa shape index (κ1) is 15.9. The Hall–Kier alpha value is -0.0800. The fraction of sp³-hybridized carbons (Fsp3) is 1.00. The molecule has 0 amide bonds. The molecule has 2 heteroatoms. The molecule has 16 heavy (non-hydrogen) atoms. The van der Waals surface area contributed by atoms with Crippen molar-refractivity contribution in [3.05, 3.63) is 0 Å². The minimum atomic E-state index is 0.713. The van der Waals surface area contributed by atoms with E-state index in [1.54, 1.807) is 0 Å². The van der Waals surface area contributed by atoms with Crippen LogP contribution < -0.4 is 5.32 Å². The Bertz CT molecular complexity index is 148. The molecular weight excluding hydrogens is 196 g/mol. The van der Waals surface area contributed by atoms with Gasteiger partial charge < -0.3 is 10.2 Å². The Kier molecular flexibility index (Phi) is 10.0. The molecule has 0 saturated heterocycles. The molecule has 0 aliphatic carbocycles. The van der Waals surface area contributed by atoms with Gasteiger partial charge in [-0.05, 0) is 59.7 Å². The lowest BCUT2D eigenvalue weighted by molar-refractivity contribution is 0.176. The standard InChI is InChI=1S/C14H32N2/c1-6-9-13(3)16(5)14(4)10-8-12-15-11-7-2/h13-15H,6-12H2,1-5H3. The van der Waals surface area contributed by atoms with Crippen molar-refractivity contribution in [2.75, 3.05) is 20.1 Å². The first-order valence-corrected chi connectivity index (χ1v) is 7.06. The second-order valence-electron chi connectivity index (χ2n) is 5.04. The van der Waals surface area contributed by atoms with E-state index in [4.69, 9.17) is 0 Å². The summed E-state index contributed by atoms with van der Waals surface area (Å²) in [6, 6.07) is 1.44. The topological polar surface area (TPSA) is 15.3 Å². The van der Waals surface area contributed by atoms with Gasteiger partial charge in [-0.15, -0.1) is 0 Å². The first-order chi connectivity index (χ1) is 7.63. The second kappa shape index (κ2) is 10.1. The minimum absolute atomic E-state index is 0.713. The van der Waals surface area contributed by atoms with Crippen LogP contribution in [0.4, 0.5) is 0 Å². The molecule has 0 aromatic heterocycles. The maximum Gasteiger partial charge on any atom is 0.00671 e. The molecule has 0 saturated carbocycles. The normalized spacial score (nSPS) is 15.4. The monoisotopic (exact) mass is 228 g/mol. The molecule has 0 aliphatic heterocycles. The number of nitrogens with zero attached hydrogens (tertiary/aromatic N) is 1. The van der Waals surface area contributed by atoms with E-state index in [9.17, 15) is 0 Å². The van der Waals surface area contributed by atoms with Gasteiger partial charge in [0, 0.05) is 12.1 Å². The SMILES string of the molecule is CCCNCCCC(C)N(C)C(C)CCC. The summed E-state index contributed by atoms with van der Waals surface area (Å²) in [4.78, 5) is 2.53. The summed E-state index contributed by atoms with van der Waals surface area (Å²) in [5.41, 5.74) is 0. The lowest BCUT2D eigenvalue weighted by atomic mass is 10.1. The van der Waals surface area contributed by atoms with Gasteiger partial charge in [0.1, 0.15) is 0 Å². The predicted octanol–water partition coefficient (Wildman–Crippen LogP) is 3.28. The summed E-state index contributed by atoms with van der Waals surface area (Å²) in [7, 11) is 2.27. The predicted molar refractivity (Wildman–Crippen MR) is 74.0 cm³/mol. The number of nitrogens with one attached hydrogen (secondary N) is 1. The van der Waals surface area contributed by atoms with Gasteiger partial charge in [0.2, 0.25) is 0 Å². The van der Waals surface area contributed by atoms with Crippen molar-refractivity contribution in [3.8, 4) is 0 Å². The molecular formula is C14H32N2. The van der Waals surface area contributed by atoms with Crippen molar-refractivity contribution in [3.63, 3.8) is 0 Å². The zero-order valence-corrected chi connectivity index (χ0v) is 12.1. The smallest absolute Gasteiger partial charge is 0.00671 e. The highest BCUT2D eigenvalue weighted by molar-refractivity contribution is 4.70. The first-order valence-electron chi connectivity index (χ1n) is 7.06. The molecule has 2 atom stereocenters. The van der Waals surface area contributed by atoms with E-state index in [1.807, 2.05) is 0 Å². The lowest BCUT2D eigenvalue weighted by Gasteiger charge is -2.30. The molecule has 0 radical (unpaired) electrons. The Morgan fingerprint density at radius 2 is 1.56 bits per heavy atom. The Balaban J connectivity index is 3.58. The van der Waals surface area contributed by atoms with E-state index in [0.717, 1.165) is 12.6 Å². The van der Waals surface area contributed by atoms with Crippen LogP contribution in [0.1, 0.15) is 59.8 Å². The quantitative estimate of drug-likeness (QED) is 0.577. The molecule has 1 N–H and O–H groups in total. The molecule has 2 nitrogen and oxygen atoms in total. The fourth-order valence-electron chi connectivity index (χ4n) is 2.08. The molecule has 98 valence electrons. The molecule has 0 fully saturated rings. The molecule has 0 heterocycles. The van der Waals surface area contributed by atoms with Crippen LogP contribution in [0.15, 0.2) is 0 Å². The zero-order chi connectivity index (χ0) is 12.4. The average Bonchev–Trinajstić information content (AvgIpc) is 2.27. The van der Waals surface area contributed by atoms with Crippen molar-refractivity contribution in [2.45, 2.75) is 71.9 Å². The van der Waals surface area contributed by atoms with E-state index in [0.29, 0.717) is 6.04 Å². The van der Waals surface area contributed by atoms with Gasteiger partial charge in [0.15, 0.2) is 0 Å². The van der Waals surface area contributed by atoms with Crippen molar-refractivity contribution >= 4 is 0 Å². The lowest BCUT2D eigenvalue weighted by Crippen LogP contribution is -2.37. The van der Waals surface area contributed by atoms with E-state index in [1.165, 1.54) is 38.6 Å². The molecule has 2 unspecified atom stereocenters. The second-order valence-corrected chi connectivity index (χ2v) is 5.04. The summed E-state index contributed by atoms with van der Waals surface area (Å²) in [6.07, 6.45) is 6.44.